The number of aryl methyl sites for hydroxylation is 2. The molecule has 3 aromatic heterocycles. The third-order valence-corrected chi connectivity index (χ3v) is 10.0. The molecule has 0 spiro atoms. The molecule has 2 unspecified atom stereocenters. The molecule has 1 aromatic carbocycles. The Morgan fingerprint density at radius 3 is 2.77 bits per heavy atom. The minimum Gasteiger partial charge on any atom is -0.477 e. The summed E-state index contributed by atoms with van der Waals surface area (Å²) in [5, 5.41) is 7.28. The average Bonchev–Trinajstić information content (AvgIpc) is 3.44. The van der Waals surface area contributed by atoms with Crippen LogP contribution in [0.3, 0.4) is 0 Å². The van der Waals surface area contributed by atoms with Gasteiger partial charge < -0.3 is 9.30 Å². The molecule has 10 nitrogen and oxygen atoms in total. The van der Waals surface area contributed by atoms with Gasteiger partial charge in [-0.15, -0.1) is 0 Å². The van der Waals surface area contributed by atoms with E-state index in [-0.39, 0.29) is 17.1 Å². The van der Waals surface area contributed by atoms with Crippen LogP contribution in [-0.4, -0.2) is 52.8 Å². The van der Waals surface area contributed by atoms with Crippen LogP contribution in [0.25, 0.3) is 22.3 Å². The van der Waals surface area contributed by atoms with E-state index >= 15 is 0 Å². The zero-order valence-corrected chi connectivity index (χ0v) is 24.8. The molecule has 1 aliphatic heterocycles. The number of amides is 1. The molecule has 0 radical (unpaired) electrons. The molecule has 0 fully saturated rings. The number of anilines is 1. The van der Waals surface area contributed by atoms with Gasteiger partial charge >= 0.3 is 0 Å². The molecule has 4 heterocycles. The van der Waals surface area contributed by atoms with Crippen molar-refractivity contribution in [3.8, 4) is 17.1 Å². The number of hydrogen-bond acceptors (Lipinski definition) is 7. The van der Waals surface area contributed by atoms with Crippen LogP contribution in [0.15, 0.2) is 45.8 Å². The van der Waals surface area contributed by atoms with Crippen molar-refractivity contribution in [3.05, 3.63) is 47.8 Å². The third-order valence-electron chi connectivity index (χ3n) is 7.19. The van der Waals surface area contributed by atoms with Crippen molar-refractivity contribution in [1.82, 2.24) is 24.3 Å². The van der Waals surface area contributed by atoms with Crippen LogP contribution in [-0.2, 0) is 23.3 Å². The van der Waals surface area contributed by atoms with E-state index in [0.717, 1.165) is 29.4 Å². The predicted octanol–water partition coefficient (Wildman–Crippen LogP) is 5.46. The number of aromatic nitrogens is 5. The molecule has 212 valence electrons. The summed E-state index contributed by atoms with van der Waals surface area (Å²) in [5.74, 6) is 1.06. The minimum absolute atomic E-state index is 0.141. The van der Waals surface area contributed by atoms with E-state index in [1.54, 1.807) is 23.0 Å². The first kappa shape index (κ1) is 27.8. The molecule has 0 aliphatic carbocycles. The highest BCUT2D eigenvalue weighted by Crippen LogP contribution is 2.31. The normalized spacial score (nSPS) is 17.7. The summed E-state index contributed by atoms with van der Waals surface area (Å²) in [5.41, 5.74) is 4.09. The minimum atomic E-state index is -2.61. The number of imidazole rings is 1. The average molecular weight is 564 g/mol. The van der Waals surface area contributed by atoms with Crippen LogP contribution in [0.5, 0.6) is 5.88 Å². The number of hydrogen-bond donors (Lipinski definition) is 1. The van der Waals surface area contributed by atoms with Crippen molar-refractivity contribution in [1.29, 1.82) is 0 Å². The smallest absolute Gasteiger partial charge is 0.258 e. The molecule has 40 heavy (non-hydrogen) atoms. The number of nitrogens with zero attached hydrogens (tertiary/aromatic N) is 6. The standard InChI is InChI=1S/C29H37N7O3S/c1-7-31-40(38,18(2)3)22-10-11-24-26(15-22)36-17-19(4)9-8-12-39-28-23(16-30-35(28)6)25-14-21(13-20(5)32-25)27(37)34-29(36)33-24/h10-11,13-16,18-19H,7-9,12,17H2,1-6H3,(H,33,34,37). The van der Waals surface area contributed by atoms with Gasteiger partial charge in [0.2, 0.25) is 11.8 Å². The van der Waals surface area contributed by atoms with E-state index in [9.17, 15) is 9.00 Å². The molecule has 4 aromatic rings. The second kappa shape index (κ2) is 11.0. The zero-order valence-electron chi connectivity index (χ0n) is 24.0. The van der Waals surface area contributed by atoms with Gasteiger partial charge in [-0.05, 0) is 76.8 Å². The molecule has 1 N–H and O–H groups in total. The van der Waals surface area contributed by atoms with E-state index in [4.69, 9.17) is 9.72 Å². The highest BCUT2D eigenvalue weighted by Gasteiger charge is 2.23. The van der Waals surface area contributed by atoms with Crippen LogP contribution in [0.4, 0.5) is 5.95 Å². The number of carbonyl (C=O) groups excluding carboxylic acids is 1. The summed E-state index contributed by atoms with van der Waals surface area (Å²) in [6, 6.07) is 9.17. The second-order valence-electron chi connectivity index (χ2n) is 10.7. The van der Waals surface area contributed by atoms with Crippen LogP contribution < -0.4 is 10.1 Å². The number of ether oxygens (including phenoxy) is 1. The summed E-state index contributed by atoms with van der Waals surface area (Å²) in [6.07, 6.45) is 3.46. The molecule has 2 bridgehead atoms. The van der Waals surface area contributed by atoms with Gasteiger partial charge in [-0.1, -0.05) is 6.92 Å². The largest absolute Gasteiger partial charge is 0.477 e. The monoisotopic (exact) mass is 563 g/mol. The summed E-state index contributed by atoms with van der Waals surface area (Å²) in [6.45, 7) is 11.4. The van der Waals surface area contributed by atoms with Crippen LogP contribution in [0.2, 0.25) is 0 Å². The third kappa shape index (κ3) is 5.22. The maximum atomic E-state index is 13.9. The molecule has 0 saturated carbocycles. The van der Waals surface area contributed by atoms with Crippen molar-refractivity contribution in [2.24, 2.45) is 17.3 Å². The fourth-order valence-electron chi connectivity index (χ4n) is 5.14. The number of carbonyl (C=O) groups is 1. The SMILES string of the molecule is CCN=S(=O)(c1ccc2nc3n(c2c1)CC(C)CCCOc1c(cnn1C)-c1cc(cc(C)n1)C(=O)N3)C(C)C. The first-order valence-corrected chi connectivity index (χ1v) is 15.4. The zero-order chi connectivity index (χ0) is 28.6. The summed E-state index contributed by atoms with van der Waals surface area (Å²) >= 11 is 0. The van der Waals surface area contributed by atoms with Gasteiger partial charge in [0.05, 0.1) is 44.8 Å². The molecular formula is C29H37N7O3S. The Kier molecular flexibility index (Phi) is 7.67. The van der Waals surface area contributed by atoms with Gasteiger partial charge in [0, 0.05) is 41.5 Å². The van der Waals surface area contributed by atoms with Gasteiger partial charge in [-0.25, -0.2) is 18.2 Å². The molecule has 1 amide bonds. The highest BCUT2D eigenvalue weighted by molar-refractivity contribution is 7.94. The Balaban J connectivity index is 1.63. The maximum Gasteiger partial charge on any atom is 0.258 e. The van der Waals surface area contributed by atoms with Crippen molar-refractivity contribution in [2.75, 3.05) is 18.5 Å². The first-order valence-electron chi connectivity index (χ1n) is 13.8. The van der Waals surface area contributed by atoms with E-state index in [1.165, 1.54) is 0 Å². The lowest BCUT2D eigenvalue weighted by molar-refractivity contribution is 0.102. The summed E-state index contributed by atoms with van der Waals surface area (Å²) < 4.78 is 28.3. The van der Waals surface area contributed by atoms with Crippen LogP contribution in [0.1, 0.15) is 56.6 Å². The topological polar surface area (TPSA) is 116 Å². The molecular weight excluding hydrogens is 526 g/mol. The number of fused-ring (bicyclic) bond motifs is 7. The molecule has 2 atom stereocenters. The Bertz CT molecular complexity index is 1700. The van der Waals surface area contributed by atoms with Gasteiger partial charge in [0.1, 0.15) is 0 Å². The quantitative estimate of drug-likeness (QED) is 0.354. The van der Waals surface area contributed by atoms with Crippen molar-refractivity contribution in [3.63, 3.8) is 0 Å². The number of benzene rings is 1. The van der Waals surface area contributed by atoms with E-state index in [1.807, 2.05) is 57.5 Å². The van der Waals surface area contributed by atoms with Crippen molar-refractivity contribution >= 4 is 32.6 Å². The Morgan fingerprint density at radius 2 is 2.02 bits per heavy atom. The maximum absolute atomic E-state index is 13.9. The van der Waals surface area contributed by atoms with Gasteiger partial charge in [-0.2, -0.15) is 5.10 Å². The fourth-order valence-corrected chi connectivity index (χ4v) is 7.06. The number of nitrogens with one attached hydrogen (secondary N) is 1. The van der Waals surface area contributed by atoms with Gasteiger partial charge in [0.15, 0.2) is 0 Å². The van der Waals surface area contributed by atoms with Gasteiger partial charge in [-0.3, -0.25) is 15.1 Å². The first-order chi connectivity index (χ1) is 19.1. The van der Waals surface area contributed by atoms with Crippen LogP contribution >= 0.6 is 0 Å². The molecule has 1 aliphatic rings. The predicted molar refractivity (Wildman–Crippen MR) is 157 cm³/mol. The highest BCUT2D eigenvalue weighted by atomic mass is 32.2. The Morgan fingerprint density at radius 1 is 1.23 bits per heavy atom. The molecule has 5 rings (SSSR count). The molecule has 0 saturated heterocycles. The second-order valence-corrected chi connectivity index (χ2v) is 13.5. The number of pyridine rings is 1. The lowest BCUT2D eigenvalue weighted by Crippen LogP contribution is -2.18. The number of rotatable bonds is 3. The lowest BCUT2D eigenvalue weighted by atomic mass is 10.1. The van der Waals surface area contributed by atoms with Crippen molar-refractivity contribution in [2.45, 2.75) is 64.2 Å². The summed E-state index contributed by atoms with van der Waals surface area (Å²) in [7, 11) is -0.770. The summed E-state index contributed by atoms with van der Waals surface area (Å²) in [4.78, 5) is 23.7. The van der Waals surface area contributed by atoms with Crippen LogP contribution in [0, 0.1) is 12.8 Å². The van der Waals surface area contributed by atoms with Gasteiger partial charge in [0.25, 0.3) is 5.91 Å². The lowest BCUT2D eigenvalue weighted by Gasteiger charge is -2.17. The van der Waals surface area contributed by atoms with E-state index < -0.39 is 9.73 Å². The Labute approximate surface area is 235 Å². The van der Waals surface area contributed by atoms with Crippen molar-refractivity contribution < 1.29 is 13.7 Å². The Hall–Kier alpha value is -3.73. The molecule has 11 heteroatoms. The van der Waals surface area contributed by atoms with E-state index in [2.05, 4.69) is 26.7 Å². The van der Waals surface area contributed by atoms with E-state index in [0.29, 0.717) is 53.4 Å². The fraction of sp³-hybridized carbons (Fsp3) is 0.448.